The van der Waals surface area contributed by atoms with E-state index in [1.54, 1.807) is 7.11 Å². The van der Waals surface area contributed by atoms with Gasteiger partial charge >= 0.3 is 0 Å². The van der Waals surface area contributed by atoms with E-state index in [9.17, 15) is 0 Å². The van der Waals surface area contributed by atoms with E-state index in [-0.39, 0.29) is 0 Å². The molecule has 25 heavy (non-hydrogen) atoms. The Hall–Kier alpha value is -3.07. The number of methoxy groups -OCH3 is 1. The fourth-order valence-corrected chi connectivity index (χ4v) is 2.56. The van der Waals surface area contributed by atoms with E-state index >= 15 is 0 Å². The van der Waals surface area contributed by atoms with Gasteiger partial charge in [-0.2, -0.15) is 0 Å². The third-order valence-corrected chi connectivity index (χ3v) is 3.97. The van der Waals surface area contributed by atoms with Crippen LogP contribution in [-0.2, 0) is 13.0 Å². The highest BCUT2D eigenvalue weighted by molar-refractivity contribution is 5.99. The summed E-state index contributed by atoms with van der Waals surface area (Å²) in [5.74, 6) is 1.60. The quantitative estimate of drug-likeness (QED) is 0.627. The highest BCUT2D eigenvalue weighted by atomic mass is 16.5. The molecule has 1 N–H and O–H groups in total. The summed E-state index contributed by atoms with van der Waals surface area (Å²) >= 11 is 0. The second-order valence-corrected chi connectivity index (χ2v) is 5.81. The van der Waals surface area contributed by atoms with Crippen LogP contribution in [0.4, 0.5) is 0 Å². The minimum absolute atomic E-state index is 0.524. The summed E-state index contributed by atoms with van der Waals surface area (Å²) in [5.41, 5.74) is 3.65. The van der Waals surface area contributed by atoms with Gasteiger partial charge in [0.1, 0.15) is 18.1 Å². The smallest absolute Gasteiger partial charge is 0.120 e. The molecule has 0 saturated carbocycles. The molecule has 0 heterocycles. The van der Waals surface area contributed by atoms with E-state index in [0.29, 0.717) is 18.7 Å². The fourth-order valence-electron chi connectivity index (χ4n) is 2.56. The van der Waals surface area contributed by atoms with Crippen molar-refractivity contribution < 1.29 is 9.47 Å². The van der Waals surface area contributed by atoms with Gasteiger partial charge in [-0.25, -0.2) is 0 Å². The van der Waals surface area contributed by atoms with Crippen molar-refractivity contribution in [3.05, 3.63) is 95.6 Å². The first-order chi connectivity index (χ1) is 12.2. The predicted octanol–water partition coefficient (Wildman–Crippen LogP) is 4.88. The Labute approximate surface area is 148 Å². The van der Waals surface area contributed by atoms with Crippen LogP contribution in [0.25, 0.3) is 0 Å². The molecule has 0 unspecified atom stereocenters. The van der Waals surface area contributed by atoms with E-state index in [4.69, 9.17) is 14.9 Å². The van der Waals surface area contributed by atoms with Crippen molar-refractivity contribution in [1.29, 1.82) is 5.41 Å². The van der Waals surface area contributed by atoms with E-state index in [1.165, 1.54) is 0 Å². The highest BCUT2D eigenvalue weighted by Gasteiger charge is 2.05. The lowest BCUT2D eigenvalue weighted by atomic mass is 10.0. The number of nitrogens with one attached hydrogen (secondary N) is 1. The van der Waals surface area contributed by atoms with Gasteiger partial charge in [-0.1, -0.05) is 54.6 Å². The first kappa shape index (κ1) is 16.8. The summed E-state index contributed by atoms with van der Waals surface area (Å²) in [7, 11) is 1.65. The zero-order valence-corrected chi connectivity index (χ0v) is 14.2. The topological polar surface area (TPSA) is 42.3 Å². The average Bonchev–Trinajstić information content (AvgIpc) is 2.68. The molecule has 3 aromatic rings. The lowest BCUT2D eigenvalue weighted by Crippen LogP contribution is -2.04. The third-order valence-electron chi connectivity index (χ3n) is 3.97. The molecule has 0 aliphatic rings. The summed E-state index contributed by atoms with van der Waals surface area (Å²) in [6, 6.07) is 25.6. The molecule has 0 saturated heterocycles. The second kappa shape index (κ2) is 8.15. The van der Waals surface area contributed by atoms with Crippen LogP contribution in [0.1, 0.15) is 16.7 Å². The minimum Gasteiger partial charge on any atom is -0.497 e. The van der Waals surface area contributed by atoms with Crippen LogP contribution in [0, 0.1) is 5.41 Å². The standard InChI is InChI=1S/C22H21NO2/c1-24-20-12-10-17(11-13-20)14-22(23)19-8-5-9-21(15-19)25-16-18-6-3-2-4-7-18/h2-13,15,23H,14,16H2,1H3. The third kappa shape index (κ3) is 4.70. The maximum Gasteiger partial charge on any atom is 0.120 e. The zero-order valence-electron chi connectivity index (χ0n) is 14.2. The van der Waals surface area contributed by atoms with Crippen molar-refractivity contribution >= 4 is 5.71 Å². The molecule has 0 radical (unpaired) electrons. The Bertz CT molecular complexity index is 826. The van der Waals surface area contributed by atoms with Gasteiger partial charge in [0.05, 0.1) is 7.11 Å². The minimum atomic E-state index is 0.524. The number of ether oxygens (including phenoxy) is 2. The van der Waals surface area contributed by atoms with Crippen molar-refractivity contribution in [3.8, 4) is 11.5 Å². The van der Waals surface area contributed by atoms with Gasteiger partial charge < -0.3 is 14.9 Å². The molecular formula is C22H21NO2. The molecule has 0 aromatic heterocycles. The van der Waals surface area contributed by atoms with Gasteiger partial charge in [0.2, 0.25) is 0 Å². The SMILES string of the molecule is COc1ccc(CC(=N)c2cccc(OCc3ccccc3)c2)cc1. The molecule has 0 aliphatic heterocycles. The van der Waals surface area contributed by atoms with Gasteiger partial charge in [0.25, 0.3) is 0 Å². The van der Waals surface area contributed by atoms with E-state index < -0.39 is 0 Å². The van der Waals surface area contributed by atoms with E-state index in [0.717, 1.165) is 28.2 Å². The van der Waals surface area contributed by atoms with Gasteiger partial charge in [-0.05, 0) is 41.0 Å². The normalized spacial score (nSPS) is 10.3. The van der Waals surface area contributed by atoms with Crippen LogP contribution >= 0.6 is 0 Å². The van der Waals surface area contributed by atoms with E-state index in [1.807, 2.05) is 78.9 Å². The van der Waals surface area contributed by atoms with Crippen LogP contribution in [0.2, 0.25) is 0 Å². The molecule has 0 spiro atoms. The molecule has 3 rings (SSSR count). The Morgan fingerprint density at radius 3 is 2.28 bits per heavy atom. The van der Waals surface area contributed by atoms with Crippen LogP contribution in [-0.4, -0.2) is 12.8 Å². The van der Waals surface area contributed by atoms with Crippen LogP contribution in [0.5, 0.6) is 11.5 Å². The molecule has 126 valence electrons. The lowest BCUT2D eigenvalue weighted by Gasteiger charge is -2.10. The van der Waals surface area contributed by atoms with Crippen LogP contribution in [0.3, 0.4) is 0 Å². The zero-order chi connectivity index (χ0) is 17.5. The summed E-state index contributed by atoms with van der Waals surface area (Å²) in [6.45, 7) is 0.524. The summed E-state index contributed by atoms with van der Waals surface area (Å²) in [4.78, 5) is 0. The van der Waals surface area contributed by atoms with Crippen LogP contribution in [0.15, 0.2) is 78.9 Å². The fraction of sp³-hybridized carbons (Fsp3) is 0.136. The van der Waals surface area contributed by atoms with Crippen LogP contribution < -0.4 is 9.47 Å². The lowest BCUT2D eigenvalue weighted by molar-refractivity contribution is 0.306. The van der Waals surface area contributed by atoms with E-state index in [2.05, 4.69) is 0 Å². The van der Waals surface area contributed by atoms with Crippen molar-refractivity contribution in [3.63, 3.8) is 0 Å². The largest absolute Gasteiger partial charge is 0.497 e. The molecule has 0 amide bonds. The molecule has 0 aliphatic carbocycles. The van der Waals surface area contributed by atoms with Crippen molar-refractivity contribution in [2.45, 2.75) is 13.0 Å². The van der Waals surface area contributed by atoms with Gasteiger partial charge in [0.15, 0.2) is 0 Å². The molecule has 3 nitrogen and oxygen atoms in total. The van der Waals surface area contributed by atoms with Gasteiger partial charge in [0, 0.05) is 12.1 Å². The Balaban J connectivity index is 1.64. The first-order valence-corrected chi connectivity index (χ1v) is 8.22. The summed E-state index contributed by atoms with van der Waals surface area (Å²) in [5, 5.41) is 8.37. The maximum atomic E-state index is 8.37. The maximum absolute atomic E-state index is 8.37. The molecule has 0 atom stereocenters. The molecule has 3 aromatic carbocycles. The summed E-state index contributed by atoms with van der Waals surface area (Å²) in [6.07, 6.45) is 0.576. The number of benzene rings is 3. The van der Waals surface area contributed by atoms with Gasteiger partial charge in [-0.3, -0.25) is 0 Å². The number of hydrogen-bond acceptors (Lipinski definition) is 3. The monoisotopic (exact) mass is 331 g/mol. The molecule has 0 fully saturated rings. The molecular weight excluding hydrogens is 310 g/mol. The molecule has 0 bridgehead atoms. The predicted molar refractivity (Wildman–Crippen MR) is 101 cm³/mol. The van der Waals surface area contributed by atoms with Gasteiger partial charge in [-0.15, -0.1) is 0 Å². The van der Waals surface area contributed by atoms with Crippen molar-refractivity contribution in [2.24, 2.45) is 0 Å². The van der Waals surface area contributed by atoms with Crippen molar-refractivity contribution in [1.82, 2.24) is 0 Å². The Kier molecular flexibility index (Phi) is 5.47. The number of rotatable bonds is 7. The Morgan fingerprint density at radius 2 is 1.56 bits per heavy atom. The number of hydrogen-bond donors (Lipinski definition) is 1. The van der Waals surface area contributed by atoms with Crippen molar-refractivity contribution in [2.75, 3.05) is 7.11 Å². The first-order valence-electron chi connectivity index (χ1n) is 8.22. The average molecular weight is 331 g/mol. The highest BCUT2D eigenvalue weighted by Crippen LogP contribution is 2.18. The Morgan fingerprint density at radius 1 is 0.800 bits per heavy atom. The second-order valence-electron chi connectivity index (χ2n) is 5.81. The summed E-state index contributed by atoms with van der Waals surface area (Å²) < 4.78 is 11.0. The molecule has 3 heteroatoms.